The van der Waals surface area contributed by atoms with E-state index in [0.717, 1.165) is 9.37 Å². The maximum absolute atomic E-state index is 12.3. The van der Waals surface area contributed by atoms with Crippen LogP contribution in [0.5, 0.6) is 0 Å². The van der Waals surface area contributed by atoms with Gasteiger partial charge in [0.1, 0.15) is 0 Å². The SMILES string of the molecule is CSc1ccccc1C(=O)Nc1cc(Br)ccc1Cl. The van der Waals surface area contributed by atoms with Crippen molar-refractivity contribution in [1.29, 1.82) is 0 Å². The van der Waals surface area contributed by atoms with Gasteiger partial charge >= 0.3 is 0 Å². The molecular weight excluding hydrogens is 346 g/mol. The molecule has 2 aromatic carbocycles. The first-order valence-corrected chi connectivity index (χ1v) is 7.91. The lowest BCUT2D eigenvalue weighted by Crippen LogP contribution is -2.13. The van der Waals surface area contributed by atoms with Gasteiger partial charge in [-0.2, -0.15) is 0 Å². The van der Waals surface area contributed by atoms with Crippen LogP contribution < -0.4 is 5.32 Å². The zero-order valence-corrected chi connectivity index (χ0v) is 13.3. The van der Waals surface area contributed by atoms with Crippen LogP contribution in [-0.4, -0.2) is 12.2 Å². The summed E-state index contributed by atoms with van der Waals surface area (Å²) in [4.78, 5) is 13.2. The predicted molar refractivity (Wildman–Crippen MR) is 85.3 cm³/mol. The van der Waals surface area contributed by atoms with Gasteiger partial charge in [-0.15, -0.1) is 11.8 Å². The Labute approximate surface area is 129 Å². The summed E-state index contributed by atoms with van der Waals surface area (Å²) in [6.07, 6.45) is 1.94. The summed E-state index contributed by atoms with van der Waals surface area (Å²) >= 11 is 11.0. The molecule has 2 aromatic rings. The van der Waals surface area contributed by atoms with E-state index in [1.54, 1.807) is 18.2 Å². The van der Waals surface area contributed by atoms with Crippen molar-refractivity contribution >= 4 is 50.9 Å². The van der Waals surface area contributed by atoms with Crippen LogP contribution in [0.4, 0.5) is 5.69 Å². The summed E-state index contributed by atoms with van der Waals surface area (Å²) in [7, 11) is 0. The standard InChI is InChI=1S/C14H11BrClNOS/c1-19-13-5-3-2-4-10(13)14(18)17-12-8-9(15)6-7-11(12)16/h2-8H,1H3,(H,17,18). The van der Waals surface area contributed by atoms with Gasteiger partial charge in [-0.25, -0.2) is 0 Å². The number of anilines is 1. The molecule has 2 nitrogen and oxygen atoms in total. The molecule has 0 radical (unpaired) electrons. The monoisotopic (exact) mass is 355 g/mol. The van der Waals surface area contributed by atoms with E-state index in [9.17, 15) is 4.79 Å². The fourth-order valence-corrected chi connectivity index (χ4v) is 2.74. The summed E-state index contributed by atoms with van der Waals surface area (Å²) in [5, 5.41) is 3.34. The molecule has 0 aliphatic carbocycles. The number of rotatable bonds is 3. The molecule has 98 valence electrons. The number of hydrogen-bond acceptors (Lipinski definition) is 2. The number of carbonyl (C=O) groups excluding carboxylic acids is 1. The Bertz CT molecular complexity index is 618. The second-order valence-corrected chi connectivity index (χ2v) is 5.95. The first kappa shape index (κ1) is 14.4. The van der Waals surface area contributed by atoms with Gasteiger partial charge in [0.15, 0.2) is 0 Å². The lowest BCUT2D eigenvalue weighted by Gasteiger charge is -2.10. The zero-order chi connectivity index (χ0) is 13.8. The predicted octanol–water partition coefficient (Wildman–Crippen LogP) is 5.08. The van der Waals surface area contributed by atoms with Crippen LogP contribution in [0, 0.1) is 0 Å². The highest BCUT2D eigenvalue weighted by molar-refractivity contribution is 9.10. The summed E-state index contributed by atoms with van der Waals surface area (Å²) in [5.74, 6) is -0.162. The van der Waals surface area contributed by atoms with Crippen molar-refractivity contribution in [2.24, 2.45) is 0 Å². The van der Waals surface area contributed by atoms with Crippen molar-refractivity contribution in [2.45, 2.75) is 4.90 Å². The molecule has 0 bridgehead atoms. The smallest absolute Gasteiger partial charge is 0.256 e. The van der Waals surface area contributed by atoms with E-state index in [4.69, 9.17) is 11.6 Å². The molecule has 1 N–H and O–H groups in total. The summed E-state index contributed by atoms with van der Waals surface area (Å²) < 4.78 is 0.866. The molecule has 2 rings (SSSR count). The van der Waals surface area contributed by atoms with E-state index in [1.807, 2.05) is 30.5 Å². The number of benzene rings is 2. The zero-order valence-electron chi connectivity index (χ0n) is 10.1. The largest absolute Gasteiger partial charge is 0.321 e. The molecule has 0 saturated heterocycles. The Morgan fingerprint density at radius 2 is 2.00 bits per heavy atom. The third-order valence-corrected chi connectivity index (χ3v) is 4.15. The Morgan fingerprint density at radius 1 is 1.26 bits per heavy atom. The van der Waals surface area contributed by atoms with Crippen LogP contribution >= 0.6 is 39.3 Å². The van der Waals surface area contributed by atoms with Gasteiger partial charge in [0.05, 0.1) is 16.3 Å². The highest BCUT2D eigenvalue weighted by Crippen LogP contribution is 2.27. The van der Waals surface area contributed by atoms with Gasteiger partial charge in [0, 0.05) is 9.37 Å². The molecule has 0 aliphatic rings. The topological polar surface area (TPSA) is 29.1 Å². The molecule has 0 saturated carbocycles. The van der Waals surface area contributed by atoms with Crippen molar-refractivity contribution in [3.8, 4) is 0 Å². The molecular formula is C14H11BrClNOS. The summed E-state index contributed by atoms with van der Waals surface area (Å²) in [6.45, 7) is 0. The Hall–Kier alpha value is -0.970. The van der Waals surface area contributed by atoms with Crippen molar-refractivity contribution in [1.82, 2.24) is 0 Å². The fraction of sp³-hybridized carbons (Fsp3) is 0.0714. The van der Waals surface area contributed by atoms with Crippen molar-refractivity contribution in [3.63, 3.8) is 0 Å². The highest BCUT2D eigenvalue weighted by atomic mass is 79.9. The maximum Gasteiger partial charge on any atom is 0.256 e. The van der Waals surface area contributed by atoms with Crippen LogP contribution in [0.1, 0.15) is 10.4 Å². The van der Waals surface area contributed by atoms with Crippen molar-refractivity contribution in [2.75, 3.05) is 11.6 Å². The first-order chi connectivity index (χ1) is 9.11. The number of nitrogens with one attached hydrogen (secondary N) is 1. The van der Waals surface area contributed by atoms with Gasteiger partial charge in [0.25, 0.3) is 5.91 Å². The minimum absolute atomic E-state index is 0.162. The number of amides is 1. The molecule has 0 fully saturated rings. The van der Waals surface area contributed by atoms with Crippen molar-refractivity contribution in [3.05, 3.63) is 57.5 Å². The average Bonchev–Trinajstić information content (AvgIpc) is 2.42. The van der Waals surface area contributed by atoms with Gasteiger partial charge in [0.2, 0.25) is 0 Å². The lowest BCUT2D eigenvalue weighted by molar-refractivity contribution is 0.102. The first-order valence-electron chi connectivity index (χ1n) is 5.51. The minimum atomic E-state index is -0.162. The van der Waals surface area contributed by atoms with E-state index in [1.165, 1.54) is 11.8 Å². The minimum Gasteiger partial charge on any atom is -0.321 e. The number of halogens is 2. The molecule has 0 unspecified atom stereocenters. The second kappa shape index (κ2) is 6.46. The third kappa shape index (κ3) is 3.53. The molecule has 19 heavy (non-hydrogen) atoms. The maximum atomic E-state index is 12.3. The molecule has 0 heterocycles. The van der Waals surface area contributed by atoms with E-state index in [0.29, 0.717) is 16.3 Å². The molecule has 0 aliphatic heterocycles. The lowest BCUT2D eigenvalue weighted by atomic mass is 10.2. The van der Waals surface area contributed by atoms with E-state index in [-0.39, 0.29) is 5.91 Å². The molecule has 5 heteroatoms. The van der Waals surface area contributed by atoms with Crippen LogP contribution in [0.2, 0.25) is 5.02 Å². The molecule has 0 aromatic heterocycles. The van der Waals surface area contributed by atoms with Gasteiger partial charge in [-0.3, -0.25) is 4.79 Å². The third-order valence-electron chi connectivity index (χ3n) is 2.53. The molecule has 1 amide bonds. The van der Waals surface area contributed by atoms with Crippen LogP contribution in [0.25, 0.3) is 0 Å². The summed E-state index contributed by atoms with van der Waals surface area (Å²) in [5.41, 5.74) is 1.24. The van der Waals surface area contributed by atoms with E-state index >= 15 is 0 Å². The van der Waals surface area contributed by atoms with E-state index in [2.05, 4.69) is 21.2 Å². The van der Waals surface area contributed by atoms with E-state index < -0.39 is 0 Å². The normalized spacial score (nSPS) is 10.3. The van der Waals surface area contributed by atoms with Crippen LogP contribution in [0.3, 0.4) is 0 Å². The van der Waals surface area contributed by atoms with Gasteiger partial charge in [-0.05, 0) is 36.6 Å². The quantitative estimate of drug-likeness (QED) is 0.777. The Balaban J connectivity index is 2.28. The number of hydrogen-bond donors (Lipinski definition) is 1. The van der Waals surface area contributed by atoms with Gasteiger partial charge < -0.3 is 5.32 Å². The Kier molecular flexibility index (Phi) is 4.91. The second-order valence-electron chi connectivity index (χ2n) is 3.78. The van der Waals surface area contributed by atoms with Crippen LogP contribution in [-0.2, 0) is 0 Å². The number of carbonyl (C=O) groups is 1. The Morgan fingerprint density at radius 3 is 2.74 bits per heavy atom. The molecule has 0 spiro atoms. The van der Waals surface area contributed by atoms with Crippen LogP contribution in [0.15, 0.2) is 51.8 Å². The summed E-state index contributed by atoms with van der Waals surface area (Å²) in [6, 6.07) is 12.8. The fourth-order valence-electron chi connectivity index (χ4n) is 1.62. The molecule has 0 atom stereocenters. The van der Waals surface area contributed by atoms with Crippen molar-refractivity contribution < 1.29 is 4.79 Å². The van der Waals surface area contributed by atoms with Gasteiger partial charge in [-0.1, -0.05) is 39.7 Å². The number of thioether (sulfide) groups is 1. The average molecular weight is 357 g/mol. The highest BCUT2D eigenvalue weighted by Gasteiger charge is 2.12.